The lowest BCUT2D eigenvalue weighted by Crippen LogP contribution is -2.48. The predicted molar refractivity (Wildman–Crippen MR) is 135 cm³/mol. The van der Waals surface area contributed by atoms with E-state index in [-0.39, 0.29) is 37.3 Å². The number of amides is 2. The van der Waals surface area contributed by atoms with Gasteiger partial charge in [-0.3, -0.25) is 9.59 Å². The van der Waals surface area contributed by atoms with Crippen LogP contribution in [0.3, 0.4) is 0 Å². The smallest absolute Gasteiger partial charge is 0.407 e. The van der Waals surface area contributed by atoms with Crippen molar-refractivity contribution in [2.24, 2.45) is 5.92 Å². The van der Waals surface area contributed by atoms with Crippen LogP contribution in [-0.4, -0.2) is 42.3 Å². The highest BCUT2D eigenvalue weighted by atomic mass is 16.5. The minimum absolute atomic E-state index is 0.0186. The molecule has 2 amide bonds. The number of carbonyl (C=O) groups is 3. The number of ether oxygens (including phenoxy) is 1. The molecule has 1 aliphatic rings. The van der Waals surface area contributed by atoms with Gasteiger partial charge < -0.3 is 20.5 Å². The van der Waals surface area contributed by atoms with Gasteiger partial charge in [-0.05, 0) is 48.4 Å². The van der Waals surface area contributed by atoms with Crippen molar-refractivity contribution >= 4 is 18.0 Å². The number of fused-ring (bicyclic) bond motifs is 3. The van der Waals surface area contributed by atoms with Crippen molar-refractivity contribution in [2.75, 3.05) is 13.2 Å². The molecule has 2 aromatic rings. The molecule has 3 N–H and O–H groups in total. The van der Waals surface area contributed by atoms with Gasteiger partial charge in [-0.2, -0.15) is 0 Å². The number of carbonyl (C=O) groups excluding carboxylic acids is 2. The summed E-state index contributed by atoms with van der Waals surface area (Å²) >= 11 is 0. The molecule has 0 heterocycles. The van der Waals surface area contributed by atoms with Crippen LogP contribution in [0, 0.1) is 5.92 Å². The quantitative estimate of drug-likeness (QED) is 0.400. The van der Waals surface area contributed by atoms with Gasteiger partial charge in [0.05, 0.1) is 0 Å². The first-order chi connectivity index (χ1) is 16.8. The van der Waals surface area contributed by atoms with Gasteiger partial charge >= 0.3 is 12.1 Å². The van der Waals surface area contributed by atoms with E-state index in [1.807, 2.05) is 63.2 Å². The van der Waals surface area contributed by atoms with Crippen LogP contribution < -0.4 is 10.6 Å². The monoisotopic (exact) mass is 478 g/mol. The number of nitrogens with one attached hydrogen (secondary N) is 2. The number of rotatable bonds is 11. The fourth-order valence-electron chi connectivity index (χ4n) is 4.34. The fourth-order valence-corrected chi connectivity index (χ4v) is 4.34. The molecule has 0 aliphatic heterocycles. The Kier molecular flexibility index (Phi) is 9.06. The second kappa shape index (κ2) is 12.2. The van der Waals surface area contributed by atoms with Crippen molar-refractivity contribution in [1.82, 2.24) is 10.6 Å². The molecule has 186 valence electrons. The summed E-state index contributed by atoms with van der Waals surface area (Å²) in [6, 6.07) is 15.4. The Hall–Kier alpha value is -3.61. The van der Waals surface area contributed by atoms with Gasteiger partial charge in [-0.15, -0.1) is 0 Å². The lowest BCUT2D eigenvalue weighted by atomic mass is 9.98. The molecule has 0 saturated heterocycles. The highest BCUT2D eigenvalue weighted by Gasteiger charge is 2.29. The average Bonchev–Trinajstić information content (AvgIpc) is 3.16. The standard InChI is InChI=1S/C28H34N2O5/c1-4-19(15-26(31)32)16-29-27(33)25(14-13-18(2)3)30-28(34)35-17-24-22-11-7-5-9-20(22)21-10-6-8-12-23(21)24/h5-13,19,24-25H,4,14-17H2,1-3H3,(H,29,33)(H,30,34)(H,31,32). The molecule has 3 rings (SSSR count). The van der Waals surface area contributed by atoms with E-state index in [1.165, 1.54) is 0 Å². The number of hydrogen-bond donors (Lipinski definition) is 3. The number of carboxylic acid groups (broad SMARTS) is 1. The molecule has 2 atom stereocenters. The molecule has 1 aliphatic carbocycles. The van der Waals surface area contributed by atoms with E-state index in [4.69, 9.17) is 9.84 Å². The summed E-state index contributed by atoms with van der Waals surface area (Å²) in [7, 11) is 0. The average molecular weight is 479 g/mol. The van der Waals surface area contributed by atoms with Gasteiger partial charge in [0, 0.05) is 18.9 Å². The summed E-state index contributed by atoms with van der Waals surface area (Å²) in [5.41, 5.74) is 5.54. The first-order valence-corrected chi connectivity index (χ1v) is 12.0. The number of alkyl carbamates (subject to hydrolysis) is 1. The summed E-state index contributed by atoms with van der Waals surface area (Å²) in [6.45, 7) is 6.12. The van der Waals surface area contributed by atoms with Crippen LogP contribution in [0.5, 0.6) is 0 Å². The molecule has 7 heteroatoms. The summed E-state index contributed by atoms with van der Waals surface area (Å²) in [4.78, 5) is 36.5. The second-order valence-corrected chi connectivity index (χ2v) is 9.16. The van der Waals surface area contributed by atoms with Gasteiger partial charge in [0.1, 0.15) is 12.6 Å². The van der Waals surface area contributed by atoms with Crippen molar-refractivity contribution in [3.05, 3.63) is 71.3 Å². The minimum Gasteiger partial charge on any atom is -0.481 e. The van der Waals surface area contributed by atoms with Gasteiger partial charge in [0.15, 0.2) is 0 Å². The number of allylic oxidation sites excluding steroid dienone is 1. The lowest BCUT2D eigenvalue weighted by Gasteiger charge is -2.20. The molecule has 0 aromatic heterocycles. The molecule has 0 spiro atoms. The molecule has 0 radical (unpaired) electrons. The Morgan fingerprint density at radius 3 is 2.17 bits per heavy atom. The number of carboxylic acids is 1. The van der Waals surface area contributed by atoms with Gasteiger partial charge in [0.2, 0.25) is 5.91 Å². The zero-order valence-corrected chi connectivity index (χ0v) is 20.5. The lowest BCUT2D eigenvalue weighted by molar-refractivity contribution is -0.138. The van der Waals surface area contributed by atoms with Gasteiger partial charge in [-0.1, -0.05) is 73.5 Å². The number of hydrogen-bond acceptors (Lipinski definition) is 4. The molecule has 0 bridgehead atoms. The van der Waals surface area contributed by atoms with Crippen molar-refractivity contribution in [3.63, 3.8) is 0 Å². The maximum Gasteiger partial charge on any atom is 0.407 e. The van der Waals surface area contributed by atoms with E-state index in [0.29, 0.717) is 12.8 Å². The predicted octanol–water partition coefficient (Wildman–Crippen LogP) is 4.87. The van der Waals surface area contributed by atoms with Crippen molar-refractivity contribution in [1.29, 1.82) is 0 Å². The van der Waals surface area contributed by atoms with Crippen LogP contribution in [0.1, 0.15) is 57.1 Å². The Labute approximate surface area is 206 Å². The molecule has 35 heavy (non-hydrogen) atoms. The topological polar surface area (TPSA) is 105 Å². The number of benzene rings is 2. The Balaban J connectivity index is 1.63. The molecular formula is C28H34N2O5. The van der Waals surface area contributed by atoms with Crippen molar-refractivity contribution < 1.29 is 24.2 Å². The molecule has 7 nitrogen and oxygen atoms in total. The van der Waals surface area contributed by atoms with Crippen molar-refractivity contribution in [3.8, 4) is 11.1 Å². The highest BCUT2D eigenvalue weighted by molar-refractivity contribution is 5.86. The second-order valence-electron chi connectivity index (χ2n) is 9.16. The minimum atomic E-state index is -0.899. The highest BCUT2D eigenvalue weighted by Crippen LogP contribution is 2.44. The third-order valence-corrected chi connectivity index (χ3v) is 6.32. The zero-order valence-electron chi connectivity index (χ0n) is 20.5. The first-order valence-electron chi connectivity index (χ1n) is 12.0. The van der Waals surface area contributed by atoms with E-state index >= 15 is 0 Å². The summed E-state index contributed by atoms with van der Waals surface area (Å²) in [5.74, 6) is -1.50. The zero-order chi connectivity index (χ0) is 25.4. The molecule has 2 aromatic carbocycles. The SMILES string of the molecule is CCC(CNC(=O)C(CC=C(C)C)NC(=O)OCC1c2ccccc2-c2ccccc21)CC(=O)O. The van der Waals surface area contributed by atoms with E-state index < -0.39 is 18.1 Å². The Morgan fingerprint density at radius 1 is 1.03 bits per heavy atom. The van der Waals surface area contributed by atoms with E-state index in [0.717, 1.165) is 27.8 Å². The maximum atomic E-state index is 12.8. The van der Waals surface area contributed by atoms with Gasteiger partial charge in [0.25, 0.3) is 0 Å². The third-order valence-electron chi connectivity index (χ3n) is 6.32. The first kappa shape index (κ1) is 26.0. The summed E-state index contributed by atoms with van der Waals surface area (Å²) in [6.07, 6.45) is 2.14. The largest absolute Gasteiger partial charge is 0.481 e. The fraction of sp³-hybridized carbons (Fsp3) is 0.393. The van der Waals surface area contributed by atoms with Crippen molar-refractivity contribution in [2.45, 2.75) is 52.0 Å². The summed E-state index contributed by atoms with van der Waals surface area (Å²) in [5, 5.41) is 14.5. The van der Waals surface area contributed by atoms with E-state index in [1.54, 1.807) is 0 Å². The van der Waals surface area contributed by atoms with Crippen LogP contribution in [0.15, 0.2) is 60.2 Å². The normalized spacial score (nSPS) is 13.7. The van der Waals surface area contributed by atoms with Crippen LogP contribution in [-0.2, 0) is 14.3 Å². The third kappa shape index (κ3) is 6.94. The molecule has 2 unspecified atom stereocenters. The molecule has 0 saturated carbocycles. The van der Waals surface area contributed by atoms with Gasteiger partial charge in [-0.25, -0.2) is 4.79 Å². The molecule has 0 fully saturated rings. The van der Waals surface area contributed by atoms with Crippen LogP contribution in [0.25, 0.3) is 11.1 Å². The van der Waals surface area contributed by atoms with E-state index in [9.17, 15) is 14.4 Å². The maximum absolute atomic E-state index is 12.8. The Bertz CT molecular complexity index is 1040. The van der Waals surface area contributed by atoms with Crippen LogP contribution >= 0.6 is 0 Å². The number of aliphatic carboxylic acids is 1. The van der Waals surface area contributed by atoms with E-state index in [2.05, 4.69) is 22.8 Å². The Morgan fingerprint density at radius 2 is 1.63 bits per heavy atom. The van der Waals surface area contributed by atoms with Crippen LogP contribution in [0.4, 0.5) is 4.79 Å². The van der Waals surface area contributed by atoms with Crippen LogP contribution in [0.2, 0.25) is 0 Å². The summed E-state index contributed by atoms with van der Waals surface area (Å²) < 4.78 is 5.60. The molecular weight excluding hydrogens is 444 g/mol.